The van der Waals surface area contributed by atoms with Crippen LogP contribution in [0.2, 0.25) is 0 Å². The predicted octanol–water partition coefficient (Wildman–Crippen LogP) is 1.08. The second kappa shape index (κ2) is 9.52. The molecule has 0 spiro atoms. The van der Waals surface area contributed by atoms with Gasteiger partial charge in [-0.25, -0.2) is 4.79 Å². The van der Waals surface area contributed by atoms with Crippen LogP contribution in [0.5, 0.6) is 0 Å². The molecule has 3 N–H and O–H groups in total. The molecule has 1 rings (SSSR count). The van der Waals surface area contributed by atoms with Crippen molar-refractivity contribution in [1.82, 2.24) is 20.8 Å². The lowest BCUT2D eigenvalue weighted by Crippen LogP contribution is -2.43. The summed E-state index contributed by atoms with van der Waals surface area (Å²) in [5.41, 5.74) is 0. The number of aromatic nitrogens is 2. The highest BCUT2D eigenvalue weighted by Gasteiger charge is 2.27. The summed E-state index contributed by atoms with van der Waals surface area (Å²) in [7, 11) is 1.56. The maximum absolute atomic E-state index is 11.9. The summed E-state index contributed by atoms with van der Waals surface area (Å²) >= 11 is 2.22. The summed E-state index contributed by atoms with van der Waals surface area (Å²) in [6.45, 7) is -0.459. The van der Waals surface area contributed by atoms with Crippen molar-refractivity contribution in [2.24, 2.45) is 0 Å². The number of anilines is 1. The third kappa shape index (κ3) is 9.20. The first kappa shape index (κ1) is 19.4. The van der Waals surface area contributed by atoms with Crippen LogP contribution in [0.15, 0.2) is 4.34 Å². The standard InChI is InChI=1S/C10H14F3N5O3S2/c1-21-3-2-14-8-17-18-9(23-8)22-4-6(19)16-7(20)15-5-10(11,12)13/h2-5H2,1H3,(H,14,17)(H2,15,16,19,20). The van der Waals surface area contributed by atoms with Gasteiger partial charge in [-0.2, -0.15) is 13.2 Å². The molecule has 0 saturated carbocycles. The Balaban J connectivity index is 2.26. The molecule has 0 aliphatic carbocycles. The Labute approximate surface area is 137 Å². The second-order valence-electron chi connectivity index (χ2n) is 3.93. The summed E-state index contributed by atoms with van der Waals surface area (Å²) in [6.07, 6.45) is -4.53. The Morgan fingerprint density at radius 2 is 2.09 bits per heavy atom. The lowest BCUT2D eigenvalue weighted by Gasteiger charge is -2.08. The molecular formula is C10H14F3N5O3S2. The third-order valence-corrected chi connectivity index (χ3v) is 4.03. The second-order valence-corrected chi connectivity index (χ2v) is 6.13. The van der Waals surface area contributed by atoms with Crippen LogP contribution in [-0.2, 0) is 9.53 Å². The van der Waals surface area contributed by atoms with Crippen molar-refractivity contribution in [2.75, 3.05) is 37.9 Å². The Morgan fingerprint density at radius 3 is 2.74 bits per heavy atom. The largest absolute Gasteiger partial charge is 0.405 e. The van der Waals surface area contributed by atoms with E-state index in [9.17, 15) is 22.8 Å². The van der Waals surface area contributed by atoms with E-state index >= 15 is 0 Å². The fourth-order valence-corrected chi connectivity index (χ4v) is 2.69. The highest BCUT2D eigenvalue weighted by Crippen LogP contribution is 2.24. The molecule has 1 aromatic heterocycles. The summed E-state index contributed by atoms with van der Waals surface area (Å²) in [4.78, 5) is 22.5. The van der Waals surface area contributed by atoms with Crippen molar-refractivity contribution in [3.8, 4) is 0 Å². The van der Waals surface area contributed by atoms with Gasteiger partial charge < -0.3 is 15.4 Å². The van der Waals surface area contributed by atoms with E-state index in [4.69, 9.17) is 4.74 Å². The number of hydrogen-bond acceptors (Lipinski definition) is 8. The molecule has 0 fully saturated rings. The lowest BCUT2D eigenvalue weighted by atomic mass is 10.6. The van der Waals surface area contributed by atoms with Crippen molar-refractivity contribution in [3.63, 3.8) is 0 Å². The number of nitrogens with zero attached hydrogens (tertiary/aromatic N) is 2. The van der Waals surface area contributed by atoms with Gasteiger partial charge in [-0.1, -0.05) is 23.1 Å². The van der Waals surface area contributed by atoms with Crippen LogP contribution in [0.25, 0.3) is 0 Å². The van der Waals surface area contributed by atoms with Crippen LogP contribution in [0.4, 0.5) is 23.1 Å². The smallest absolute Gasteiger partial charge is 0.383 e. The zero-order chi connectivity index (χ0) is 17.3. The summed E-state index contributed by atoms with van der Waals surface area (Å²) in [5, 5.41) is 14.5. The molecule has 1 heterocycles. The van der Waals surface area contributed by atoms with E-state index in [1.54, 1.807) is 12.4 Å². The molecule has 0 bridgehead atoms. The molecule has 13 heteroatoms. The van der Waals surface area contributed by atoms with Crippen molar-refractivity contribution in [3.05, 3.63) is 0 Å². The first-order valence-electron chi connectivity index (χ1n) is 6.13. The van der Waals surface area contributed by atoms with Gasteiger partial charge in [-0.15, -0.1) is 10.2 Å². The SMILES string of the molecule is COCCNc1nnc(SCC(=O)NC(=O)NCC(F)(F)F)s1. The number of thioether (sulfide) groups is 1. The van der Waals surface area contributed by atoms with Crippen LogP contribution in [0.1, 0.15) is 0 Å². The molecule has 8 nitrogen and oxygen atoms in total. The number of hydrogen-bond donors (Lipinski definition) is 3. The monoisotopic (exact) mass is 373 g/mol. The van der Waals surface area contributed by atoms with Gasteiger partial charge in [-0.05, 0) is 0 Å². The molecule has 130 valence electrons. The number of carbonyl (C=O) groups excluding carboxylic acids is 2. The van der Waals surface area contributed by atoms with Gasteiger partial charge in [0.2, 0.25) is 11.0 Å². The quantitative estimate of drug-likeness (QED) is 0.462. The minimum atomic E-state index is -4.53. The molecule has 0 aliphatic heterocycles. The summed E-state index contributed by atoms with van der Waals surface area (Å²) < 4.78 is 41.0. The molecule has 0 saturated heterocycles. The molecular weight excluding hydrogens is 359 g/mol. The highest BCUT2D eigenvalue weighted by atomic mass is 32.2. The van der Waals surface area contributed by atoms with Crippen LogP contribution >= 0.6 is 23.1 Å². The van der Waals surface area contributed by atoms with Crippen LogP contribution in [-0.4, -0.2) is 60.9 Å². The number of nitrogens with one attached hydrogen (secondary N) is 3. The molecule has 3 amide bonds. The zero-order valence-corrected chi connectivity index (χ0v) is 13.5. The number of carbonyl (C=O) groups is 2. The van der Waals surface area contributed by atoms with E-state index in [1.165, 1.54) is 16.7 Å². The predicted molar refractivity (Wildman–Crippen MR) is 78.6 cm³/mol. The molecule has 0 unspecified atom stereocenters. The summed E-state index contributed by atoms with van der Waals surface area (Å²) in [6, 6.07) is -1.20. The van der Waals surface area contributed by atoms with Gasteiger partial charge >= 0.3 is 12.2 Å². The number of urea groups is 1. The normalized spacial score (nSPS) is 11.1. The van der Waals surface area contributed by atoms with Gasteiger partial charge in [0.15, 0.2) is 4.34 Å². The minimum absolute atomic E-state index is 0.174. The van der Waals surface area contributed by atoms with Gasteiger partial charge in [-0.3, -0.25) is 10.1 Å². The average molecular weight is 373 g/mol. The van der Waals surface area contributed by atoms with E-state index < -0.39 is 24.7 Å². The van der Waals surface area contributed by atoms with Crippen LogP contribution < -0.4 is 16.0 Å². The Morgan fingerprint density at radius 1 is 1.35 bits per heavy atom. The van der Waals surface area contributed by atoms with Gasteiger partial charge in [0.1, 0.15) is 6.54 Å². The number of halogens is 3. The number of amides is 3. The van der Waals surface area contributed by atoms with E-state index in [0.717, 1.165) is 11.8 Å². The zero-order valence-electron chi connectivity index (χ0n) is 11.9. The molecule has 0 atom stereocenters. The Kier molecular flexibility index (Phi) is 8.05. The van der Waals surface area contributed by atoms with Crippen molar-refractivity contribution in [1.29, 1.82) is 0 Å². The van der Waals surface area contributed by atoms with E-state index in [2.05, 4.69) is 15.5 Å². The van der Waals surface area contributed by atoms with Gasteiger partial charge in [0.05, 0.1) is 12.4 Å². The number of alkyl halides is 3. The Bertz CT molecular complexity index is 526. The minimum Gasteiger partial charge on any atom is -0.383 e. The van der Waals surface area contributed by atoms with Crippen molar-refractivity contribution in [2.45, 2.75) is 10.5 Å². The number of methoxy groups -OCH3 is 1. The van der Waals surface area contributed by atoms with Crippen molar-refractivity contribution >= 4 is 40.2 Å². The number of ether oxygens (including phenoxy) is 1. The topological polar surface area (TPSA) is 105 Å². The molecule has 1 aromatic rings. The summed E-state index contributed by atoms with van der Waals surface area (Å²) in [5.74, 6) is -0.912. The molecule has 23 heavy (non-hydrogen) atoms. The maximum atomic E-state index is 11.9. The first-order valence-corrected chi connectivity index (χ1v) is 7.94. The first-order chi connectivity index (χ1) is 10.8. The van der Waals surface area contributed by atoms with E-state index in [-0.39, 0.29) is 5.75 Å². The van der Waals surface area contributed by atoms with Gasteiger partial charge in [0, 0.05) is 13.7 Å². The highest BCUT2D eigenvalue weighted by molar-refractivity contribution is 8.01. The van der Waals surface area contributed by atoms with E-state index in [1.807, 2.05) is 0 Å². The number of rotatable bonds is 8. The fraction of sp³-hybridized carbons (Fsp3) is 0.600. The molecule has 0 aromatic carbocycles. The van der Waals surface area contributed by atoms with Gasteiger partial charge in [0.25, 0.3) is 0 Å². The van der Waals surface area contributed by atoms with E-state index in [0.29, 0.717) is 22.6 Å². The third-order valence-electron chi connectivity index (χ3n) is 2.02. The fourth-order valence-electron chi connectivity index (χ4n) is 1.11. The lowest BCUT2D eigenvalue weighted by molar-refractivity contribution is -0.124. The molecule has 0 aliphatic rings. The Hall–Kier alpha value is -1.60. The van der Waals surface area contributed by atoms with Crippen LogP contribution in [0.3, 0.4) is 0 Å². The van der Waals surface area contributed by atoms with Crippen LogP contribution in [0, 0.1) is 0 Å². The van der Waals surface area contributed by atoms with Crippen molar-refractivity contribution < 1.29 is 27.5 Å². The number of imide groups is 1. The maximum Gasteiger partial charge on any atom is 0.405 e. The molecule has 0 radical (unpaired) electrons. The average Bonchev–Trinajstić information content (AvgIpc) is 2.90.